The van der Waals surface area contributed by atoms with E-state index in [0.717, 1.165) is 19.7 Å². The van der Waals surface area contributed by atoms with Gasteiger partial charge in [0.05, 0.1) is 6.10 Å². The Balaban J connectivity index is 2.11. The van der Waals surface area contributed by atoms with Gasteiger partial charge in [0.2, 0.25) is 0 Å². The average molecular weight is 263 g/mol. The lowest BCUT2D eigenvalue weighted by Crippen LogP contribution is -2.43. The van der Waals surface area contributed by atoms with Gasteiger partial charge in [-0.05, 0) is 44.0 Å². The zero-order chi connectivity index (χ0) is 13.7. The number of ether oxygens (including phenoxy) is 1. The van der Waals surface area contributed by atoms with E-state index in [-0.39, 0.29) is 12.1 Å². The Hall–Kier alpha value is -0.970. The van der Waals surface area contributed by atoms with Gasteiger partial charge >= 0.3 is 0 Å². The van der Waals surface area contributed by atoms with Crippen LogP contribution in [0.2, 0.25) is 0 Å². The minimum Gasteiger partial charge on any atom is -0.377 e. The van der Waals surface area contributed by atoms with Crippen LogP contribution in [-0.2, 0) is 4.74 Å². The summed E-state index contributed by atoms with van der Waals surface area (Å²) in [6.07, 6.45) is 6.39. The molecule has 2 heterocycles. The third-order valence-corrected chi connectivity index (χ3v) is 3.81. The Morgan fingerprint density at radius 1 is 1.47 bits per heavy atom. The standard InChI is InChI=1S/C15H25N3O/c1-3-18(11-14-5-4-10-19-14)15(12(2)16)13-6-8-17-9-7-13/h6-9,12,14-15H,3-5,10-11,16H2,1-2H3. The highest BCUT2D eigenvalue weighted by molar-refractivity contribution is 5.17. The van der Waals surface area contributed by atoms with Crippen LogP contribution in [0.15, 0.2) is 24.5 Å². The van der Waals surface area contributed by atoms with Crippen molar-refractivity contribution in [2.45, 2.75) is 44.9 Å². The summed E-state index contributed by atoms with van der Waals surface area (Å²) < 4.78 is 5.76. The van der Waals surface area contributed by atoms with Crippen molar-refractivity contribution in [3.63, 3.8) is 0 Å². The molecule has 106 valence electrons. The zero-order valence-electron chi connectivity index (χ0n) is 12.0. The third kappa shape index (κ3) is 3.75. The van der Waals surface area contributed by atoms with Crippen molar-refractivity contribution in [1.29, 1.82) is 0 Å². The SMILES string of the molecule is CCN(CC1CCCO1)C(c1ccncc1)C(C)N. The Bertz CT molecular complexity index is 363. The molecule has 1 aliphatic rings. The van der Waals surface area contributed by atoms with E-state index in [1.54, 1.807) is 0 Å². The van der Waals surface area contributed by atoms with Gasteiger partial charge in [0, 0.05) is 37.6 Å². The van der Waals surface area contributed by atoms with Gasteiger partial charge in [-0.2, -0.15) is 0 Å². The van der Waals surface area contributed by atoms with Crippen molar-refractivity contribution in [2.75, 3.05) is 19.7 Å². The van der Waals surface area contributed by atoms with Gasteiger partial charge < -0.3 is 10.5 Å². The van der Waals surface area contributed by atoms with E-state index in [9.17, 15) is 0 Å². The Morgan fingerprint density at radius 2 is 2.21 bits per heavy atom. The van der Waals surface area contributed by atoms with Crippen LogP contribution in [0.3, 0.4) is 0 Å². The van der Waals surface area contributed by atoms with E-state index in [1.807, 2.05) is 12.4 Å². The van der Waals surface area contributed by atoms with Crippen molar-refractivity contribution < 1.29 is 4.74 Å². The highest BCUT2D eigenvalue weighted by atomic mass is 16.5. The monoisotopic (exact) mass is 263 g/mol. The average Bonchev–Trinajstić information content (AvgIpc) is 2.91. The zero-order valence-corrected chi connectivity index (χ0v) is 12.0. The van der Waals surface area contributed by atoms with E-state index in [0.29, 0.717) is 6.10 Å². The first kappa shape index (κ1) is 14.4. The molecule has 19 heavy (non-hydrogen) atoms. The third-order valence-electron chi connectivity index (χ3n) is 3.81. The molecular weight excluding hydrogens is 238 g/mol. The maximum Gasteiger partial charge on any atom is 0.0703 e. The fourth-order valence-electron chi connectivity index (χ4n) is 2.90. The van der Waals surface area contributed by atoms with Crippen LogP contribution < -0.4 is 5.73 Å². The van der Waals surface area contributed by atoms with Gasteiger partial charge in [-0.3, -0.25) is 9.88 Å². The molecule has 3 atom stereocenters. The molecule has 4 nitrogen and oxygen atoms in total. The second-order valence-electron chi connectivity index (χ2n) is 5.31. The summed E-state index contributed by atoms with van der Waals surface area (Å²) in [5.74, 6) is 0. The molecule has 0 spiro atoms. The first-order valence-electron chi connectivity index (χ1n) is 7.23. The summed E-state index contributed by atoms with van der Waals surface area (Å²) in [7, 11) is 0. The van der Waals surface area contributed by atoms with Crippen molar-refractivity contribution in [1.82, 2.24) is 9.88 Å². The minimum absolute atomic E-state index is 0.0868. The highest BCUT2D eigenvalue weighted by Gasteiger charge is 2.27. The van der Waals surface area contributed by atoms with E-state index in [1.165, 1.54) is 18.4 Å². The molecule has 3 unspecified atom stereocenters. The van der Waals surface area contributed by atoms with Gasteiger partial charge in [0.1, 0.15) is 0 Å². The Labute approximate surface area is 116 Å². The molecule has 0 aliphatic carbocycles. The number of likely N-dealkylation sites (N-methyl/N-ethyl adjacent to an activating group) is 1. The number of aromatic nitrogens is 1. The maximum absolute atomic E-state index is 6.22. The summed E-state index contributed by atoms with van der Waals surface area (Å²) in [5.41, 5.74) is 7.46. The second kappa shape index (κ2) is 6.98. The molecule has 0 amide bonds. The minimum atomic E-state index is 0.0868. The molecule has 1 aromatic heterocycles. The molecule has 0 bridgehead atoms. The quantitative estimate of drug-likeness (QED) is 0.852. The van der Waals surface area contributed by atoms with E-state index in [4.69, 9.17) is 10.5 Å². The number of rotatable bonds is 6. The molecule has 1 aromatic rings. The van der Waals surface area contributed by atoms with E-state index < -0.39 is 0 Å². The van der Waals surface area contributed by atoms with Crippen molar-refractivity contribution in [3.8, 4) is 0 Å². The van der Waals surface area contributed by atoms with Crippen LogP contribution in [-0.4, -0.2) is 41.7 Å². The van der Waals surface area contributed by atoms with Gasteiger partial charge in [0.15, 0.2) is 0 Å². The van der Waals surface area contributed by atoms with Crippen LogP contribution >= 0.6 is 0 Å². The Kier molecular flexibility index (Phi) is 5.31. The predicted molar refractivity (Wildman–Crippen MR) is 76.8 cm³/mol. The number of hydrogen-bond donors (Lipinski definition) is 1. The molecule has 1 aliphatic heterocycles. The van der Waals surface area contributed by atoms with Crippen LogP contribution in [0.25, 0.3) is 0 Å². The highest BCUT2D eigenvalue weighted by Crippen LogP contribution is 2.25. The molecular formula is C15H25N3O. The molecule has 0 aromatic carbocycles. The van der Waals surface area contributed by atoms with E-state index in [2.05, 4.69) is 35.9 Å². The maximum atomic E-state index is 6.22. The smallest absolute Gasteiger partial charge is 0.0703 e. The summed E-state index contributed by atoms with van der Waals surface area (Å²) in [5, 5.41) is 0. The van der Waals surface area contributed by atoms with Gasteiger partial charge in [-0.15, -0.1) is 0 Å². The summed E-state index contributed by atoms with van der Waals surface area (Å²) in [4.78, 5) is 6.52. The van der Waals surface area contributed by atoms with Crippen molar-refractivity contribution in [2.24, 2.45) is 5.73 Å². The molecule has 1 saturated heterocycles. The lowest BCUT2D eigenvalue weighted by molar-refractivity contribution is 0.0546. The summed E-state index contributed by atoms with van der Waals surface area (Å²) in [6, 6.07) is 4.44. The number of nitrogens with two attached hydrogens (primary N) is 1. The number of hydrogen-bond acceptors (Lipinski definition) is 4. The normalized spacial score (nSPS) is 22.6. The van der Waals surface area contributed by atoms with Gasteiger partial charge in [-0.1, -0.05) is 6.92 Å². The molecule has 2 N–H and O–H groups in total. The number of nitrogens with zero attached hydrogens (tertiary/aromatic N) is 2. The summed E-state index contributed by atoms with van der Waals surface area (Å²) in [6.45, 7) is 7.11. The van der Waals surface area contributed by atoms with Gasteiger partial charge in [-0.25, -0.2) is 0 Å². The van der Waals surface area contributed by atoms with Crippen LogP contribution in [0.1, 0.15) is 38.3 Å². The molecule has 0 saturated carbocycles. The molecule has 1 fully saturated rings. The van der Waals surface area contributed by atoms with Gasteiger partial charge in [0.25, 0.3) is 0 Å². The van der Waals surface area contributed by atoms with Crippen LogP contribution in [0.4, 0.5) is 0 Å². The largest absolute Gasteiger partial charge is 0.377 e. The fraction of sp³-hybridized carbons (Fsp3) is 0.667. The molecule has 0 radical (unpaired) electrons. The number of pyridine rings is 1. The van der Waals surface area contributed by atoms with Crippen LogP contribution in [0.5, 0.6) is 0 Å². The van der Waals surface area contributed by atoms with Crippen LogP contribution in [0, 0.1) is 0 Å². The topological polar surface area (TPSA) is 51.4 Å². The Morgan fingerprint density at radius 3 is 2.74 bits per heavy atom. The second-order valence-corrected chi connectivity index (χ2v) is 5.31. The summed E-state index contributed by atoms with van der Waals surface area (Å²) >= 11 is 0. The van der Waals surface area contributed by atoms with Crippen molar-refractivity contribution >= 4 is 0 Å². The lowest BCUT2D eigenvalue weighted by atomic mass is 9.99. The van der Waals surface area contributed by atoms with E-state index >= 15 is 0 Å². The van der Waals surface area contributed by atoms with Crippen molar-refractivity contribution in [3.05, 3.63) is 30.1 Å². The molecule has 2 rings (SSSR count). The fourth-order valence-corrected chi connectivity index (χ4v) is 2.90. The first-order valence-corrected chi connectivity index (χ1v) is 7.23. The molecule has 4 heteroatoms. The predicted octanol–water partition coefficient (Wildman–Crippen LogP) is 1.97. The first-order chi connectivity index (χ1) is 9.22. The lowest BCUT2D eigenvalue weighted by Gasteiger charge is -2.35.